The summed E-state index contributed by atoms with van der Waals surface area (Å²) >= 11 is 0. The van der Waals surface area contributed by atoms with Gasteiger partial charge in [-0.15, -0.1) is 0 Å². The molecule has 1 atom stereocenters. The Balaban J connectivity index is 2.17. The third-order valence-corrected chi connectivity index (χ3v) is 4.38. The fourth-order valence-corrected chi connectivity index (χ4v) is 3.14. The molecule has 0 radical (unpaired) electrons. The van der Waals surface area contributed by atoms with Crippen LogP contribution in [-0.2, 0) is 5.41 Å². The van der Waals surface area contributed by atoms with Crippen LogP contribution in [0.15, 0.2) is 36.7 Å². The van der Waals surface area contributed by atoms with Crippen molar-refractivity contribution in [3.8, 4) is 11.5 Å². The van der Waals surface area contributed by atoms with Gasteiger partial charge < -0.3 is 14.8 Å². The van der Waals surface area contributed by atoms with Crippen molar-refractivity contribution < 1.29 is 9.47 Å². The second-order valence-corrected chi connectivity index (χ2v) is 6.27. The molecule has 0 saturated carbocycles. The molecule has 0 saturated heterocycles. The van der Waals surface area contributed by atoms with Crippen LogP contribution in [0.4, 0.5) is 0 Å². The van der Waals surface area contributed by atoms with Crippen molar-refractivity contribution in [3.05, 3.63) is 53.3 Å². The molecule has 4 heteroatoms. The zero-order valence-electron chi connectivity index (χ0n) is 13.5. The maximum absolute atomic E-state index is 5.49. The standard InChI is InChI=1S/C18H22N2O2/c1-18(2)11-20-17(12-5-7-19-8-6-12)13-9-15(21-3)16(22-4)10-14(13)18/h5-10,17,20H,11H2,1-4H3. The number of nitrogens with one attached hydrogen (secondary N) is 1. The molecule has 2 aromatic rings. The van der Waals surface area contributed by atoms with E-state index in [-0.39, 0.29) is 11.5 Å². The lowest BCUT2D eigenvalue weighted by atomic mass is 9.75. The summed E-state index contributed by atoms with van der Waals surface area (Å²) in [5, 5.41) is 3.65. The second-order valence-electron chi connectivity index (χ2n) is 6.27. The Bertz CT molecular complexity index is 668. The van der Waals surface area contributed by atoms with Crippen molar-refractivity contribution in [1.29, 1.82) is 0 Å². The van der Waals surface area contributed by atoms with Crippen molar-refractivity contribution in [1.82, 2.24) is 10.3 Å². The van der Waals surface area contributed by atoms with Crippen LogP contribution in [0.1, 0.15) is 36.6 Å². The quantitative estimate of drug-likeness (QED) is 0.946. The summed E-state index contributed by atoms with van der Waals surface area (Å²) in [7, 11) is 3.35. The predicted octanol–water partition coefficient (Wildman–Crippen LogP) is 3.07. The lowest BCUT2D eigenvalue weighted by Gasteiger charge is -2.38. The molecule has 0 spiro atoms. The SMILES string of the molecule is COc1cc2c(cc1OC)C(C)(C)CNC2c1ccncc1. The van der Waals surface area contributed by atoms with Gasteiger partial charge in [0.05, 0.1) is 20.3 Å². The largest absolute Gasteiger partial charge is 0.493 e. The van der Waals surface area contributed by atoms with Crippen LogP contribution in [0.2, 0.25) is 0 Å². The van der Waals surface area contributed by atoms with Gasteiger partial charge in [-0.1, -0.05) is 13.8 Å². The Hall–Kier alpha value is -2.07. The van der Waals surface area contributed by atoms with E-state index >= 15 is 0 Å². The molecule has 1 N–H and O–H groups in total. The van der Waals surface area contributed by atoms with Gasteiger partial charge in [-0.2, -0.15) is 0 Å². The number of ether oxygens (including phenoxy) is 2. The summed E-state index contributed by atoms with van der Waals surface area (Å²) in [6.07, 6.45) is 3.66. The molecule has 1 aliphatic heterocycles. The third kappa shape index (κ3) is 2.44. The number of pyridine rings is 1. The van der Waals surface area contributed by atoms with Gasteiger partial charge in [0.15, 0.2) is 11.5 Å². The van der Waals surface area contributed by atoms with Crippen LogP contribution < -0.4 is 14.8 Å². The molecule has 0 aliphatic carbocycles. The van der Waals surface area contributed by atoms with Gasteiger partial charge in [-0.05, 0) is 41.0 Å². The zero-order valence-corrected chi connectivity index (χ0v) is 13.5. The maximum atomic E-state index is 5.49. The monoisotopic (exact) mass is 298 g/mol. The van der Waals surface area contributed by atoms with E-state index in [0.29, 0.717) is 0 Å². The van der Waals surface area contributed by atoms with Crippen LogP contribution >= 0.6 is 0 Å². The smallest absolute Gasteiger partial charge is 0.161 e. The number of aromatic nitrogens is 1. The Morgan fingerprint density at radius 2 is 1.73 bits per heavy atom. The zero-order chi connectivity index (χ0) is 15.7. The highest BCUT2D eigenvalue weighted by Gasteiger charge is 2.34. The summed E-state index contributed by atoms with van der Waals surface area (Å²) in [4.78, 5) is 4.11. The molecule has 1 aromatic heterocycles. The Kier molecular flexibility index (Phi) is 3.79. The van der Waals surface area contributed by atoms with E-state index in [2.05, 4.69) is 48.4 Å². The summed E-state index contributed by atoms with van der Waals surface area (Å²) in [6.45, 7) is 5.39. The van der Waals surface area contributed by atoms with Gasteiger partial charge in [-0.25, -0.2) is 0 Å². The number of hydrogen-bond donors (Lipinski definition) is 1. The molecule has 22 heavy (non-hydrogen) atoms. The number of nitrogens with zero attached hydrogens (tertiary/aromatic N) is 1. The molecule has 1 aromatic carbocycles. The molecule has 1 aliphatic rings. The average molecular weight is 298 g/mol. The normalized spacial score (nSPS) is 19.4. The fourth-order valence-electron chi connectivity index (χ4n) is 3.14. The lowest BCUT2D eigenvalue weighted by molar-refractivity contribution is 0.346. The minimum atomic E-state index is 0.0401. The maximum Gasteiger partial charge on any atom is 0.161 e. The van der Waals surface area contributed by atoms with Gasteiger partial charge in [0, 0.05) is 24.4 Å². The highest BCUT2D eigenvalue weighted by Crippen LogP contribution is 2.42. The number of hydrogen-bond acceptors (Lipinski definition) is 4. The van der Waals surface area contributed by atoms with E-state index in [0.717, 1.165) is 18.0 Å². The highest BCUT2D eigenvalue weighted by atomic mass is 16.5. The van der Waals surface area contributed by atoms with E-state index < -0.39 is 0 Å². The summed E-state index contributed by atoms with van der Waals surface area (Å²) < 4.78 is 11.0. The predicted molar refractivity (Wildman–Crippen MR) is 86.7 cm³/mol. The first-order valence-corrected chi connectivity index (χ1v) is 7.46. The van der Waals surface area contributed by atoms with Crippen molar-refractivity contribution in [2.75, 3.05) is 20.8 Å². The average Bonchev–Trinajstić information content (AvgIpc) is 2.54. The first-order valence-electron chi connectivity index (χ1n) is 7.46. The number of methoxy groups -OCH3 is 2. The van der Waals surface area contributed by atoms with E-state index in [1.165, 1.54) is 16.7 Å². The van der Waals surface area contributed by atoms with Crippen molar-refractivity contribution in [2.24, 2.45) is 0 Å². The van der Waals surface area contributed by atoms with E-state index in [1.54, 1.807) is 14.2 Å². The molecular formula is C18H22N2O2. The van der Waals surface area contributed by atoms with Crippen LogP contribution in [0.25, 0.3) is 0 Å². The minimum Gasteiger partial charge on any atom is -0.493 e. The molecule has 4 nitrogen and oxygen atoms in total. The molecule has 0 bridgehead atoms. The minimum absolute atomic E-state index is 0.0401. The summed E-state index contributed by atoms with van der Waals surface area (Å²) in [5.41, 5.74) is 3.78. The Morgan fingerprint density at radius 1 is 1.09 bits per heavy atom. The first-order chi connectivity index (χ1) is 10.6. The third-order valence-electron chi connectivity index (χ3n) is 4.38. The number of rotatable bonds is 3. The number of fused-ring (bicyclic) bond motifs is 1. The van der Waals surface area contributed by atoms with Gasteiger partial charge in [0.2, 0.25) is 0 Å². The number of benzene rings is 1. The van der Waals surface area contributed by atoms with Gasteiger partial charge in [0.25, 0.3) is 0 Å². The Morgan fingerprint density at radius 3 is 2.36 bits per heavy atom. The van der Waals surface area contributed by atoms with Gasteiger partial charge >= 0.3 is 0 Å². The van der Waals surface area contributed by atoms with Crippen LogP contribution in [0.3, 0.4) is 0 Å². The first kappa shape index (κ1) is 14.9. The topological polar surface area (TPSA) is 43.4 Å². The molecular weight excluding hydrogens is 276 g/mol. The van der Waals surface area contributed by atoms with Gasteiger partial charge in [-0.3, -0.25) is 4.98 Å². The molecule has 0 amide bonds. The van der Waals surface area contributed by atoms with Crippen LogP contribution in [0, 0.1) is 0 Å². The fraction of sp³-hybridized carbons (Fsp3) is 0.389. The van der Waals surface area contributed by atoms with Crippen molar-refractivity contribution in [2.45, 2.75) is 25.3 Å². The summed E-state index contributed by atoms with van der Waals surface area (Å²) in [5.74, 6) is 1.55. The van der Waals surface area contributed by atoms with Crippen LogP contribution in [-0.4, -0.2) is 25.7 Å². The van der Waals surface area contributed by atoms with Gasteiger partial charge in [0.1, 0.15) is 0 Å². The molecule has 116 valence electrons. The summed E-state index contributed by atoms with van der Waals surface area (Å²) in [6, 6.07) is 8.45. The highest BCUT2D eigenvalue weighted by molar-refractivity contribution is 5.54. The lowest BCUT2D eigenvalue weighted by Crippen LogP contribution is -2.42. The molecule has 2 heterocycles. The Labute approximate surface area is 131 Å². The van der Waals surface area contributed by atoms with E-state index in [9.17, 15) is 0 Å². The second kappa shape index (κ2) is 5.61. The molecule has 1 unspecified atom stereocenters. The van der Waals surface area contributed by atoms with Crippen molar-refractivity contribution in [3.63, 3.8) is 0 Å². The van der Waals surface area contributed by atoms with E-state index in [1.807, 2.05) is 12.4 Å². The van der Waals surface area contributed by atoms with E-state index in [4.69, 9.17) is 9.47 Å². The molecule has 0 fully saturated rings. The van der Waals surface area contributed by atoms with Crippen molar-refractivity contribution >= 4 is 0 Å². The molecule has 3 rings (SSSR count). The van der Waals surface area contributed by atoms with Crippen LogP contribution in [0.5, 0.6) is 11.5 Å².